The Morgan fingerprint density at radius 1 is 1.35 bits per heavy atom. The summed E-state index contributed by atoms with van der Waals surface area (Å²) in [6.07, 6.45) is 1.97. The molecule has 0 bridgehead atoms. The molecule has 3 N–H and O–H groups in total. The molecule has 0 spiro atoms. The molecule has 1 heterocycles. The maximum atomic E-state index is 11.8. The maximum Gasteiger partial charge on any atom is 0.293 e. The van der Waals surface area contributed by atoms with Gasteiger partial charge in [0.25, 0.3) is 5.69 Å². The molecule has 0 aromatic heterocycles. The van der Waals surface area contributed by atoms with Crippen molar-refractivity contribution in [1.29, 1.82) is 0 Å². The number of nitro benzene ring substituents is 1. The third-order valence-corrected chi connectivity index (χ3v) is 5.67. The van der Waals surface area contributed by atoms with E-state index in [1.165, 1.54) is 19.2 Å². The van der Waals surface area contributed by atoms with Crippen LogP contribution in [0.5, 0.6) is 0 Å². The second-order valence-electron chi connectivity index (χ2n) is 6.06. The van der Waals surface area contributed by atoms with E-state index in [1.54, 1.807) is 0 Å². The Hall–Kier alpha value is -1.71. The van der Waals surface area contributed by atoms with Gasteiger partial charge in [0.15, 0.2) is 0 Å². The summed E-state index contributed by atoms with van der Waals surface area (Å²) >= 11 is 0. The number of benzene rings is 1. The number of sulfonamides is 1. The van der Waals surface area contributed by atoms with E-state index in [0.29, 0.717) is 12.2 Å². The Morgan fingerprint density at radius 2 is 2.00 bits per heavy atom. The number of piperidine rings is 1. The fourth-order valence-electron chi connectivity index (χ4n) is 2.61. The van der Waals surface area contributed by atoms with Crippen molar-refractivity contribution >= 4 is 21.4 Å². The van der Waals surface area contributed by atoms with Gasteiger partial charge in [0.1, 0.15) is 5.69 Å². The van der Waals surface area contributed by atoms with Crippen LogP contribution in [-0.2, 0) is 10.0 Å². The number of nitrogens with one attached hydrogen (secondary N) is 3. The average Bonchev–Trinajstić information content (AvgIpc) is 2.53. The molecule has 1 saturated heterocycles. The molecule has 1 fully saturated rings. The zero-order valence-electron chi connectivity index (χ0n) is 13.3. The van der Waals surface area contributed by atoms with Gasteiger partial charge in [-0.1, -0.05) is 6.92 Å². The predicted octanol–water partition coefficient (Wildman–Crippen LogP) is 1.30. The van der Waals surface area contributed by atoms with Crippen LogP contribution >= 0.6 is 0 Å². The van der Waals surface area contributed by atoms with Gasteiger partial charge in [-0.15, -0.1) is 0 Å². The third-order valence-electron chi connectivity index (χ3n) is 4.26. The van der Waals surface area contributed by atoms with Crippen LogP contribution in [0.4, 0.5) is 11.4 Å². The smallest absolute Gasteiger partial charge is 0.293 e. The summed E-state index contributed by atoms with van der Waals surface area (Å²) in [4.78, 5) is 10.6. The lowest BCUT2D eigenvalue weighted by molar-refractivity contribution is -0.384. The molecule has 0 amide bonds. The third kappa shape index (κ3) is 4.18. The molecular formula is C14H22N4O4S. The fourth-order valence-corrected chi connectivity index (χ4v) is 3.36. The first kappa shape index (κ1) is 17.6. The van der Waals surface area contributed by atoms with Gasteiger partial charge < -0.3 is 10.6 Å². The van der Waals surface area contributed by atoms with Gasteiger partial charge in [-0.25, -0.2) is 13.1 Å². The highest BCUT2D eigenvalue weighted by atomic mass is 32.2. The first-order valence-electron chi connectivity index (χ1n) is 7.44. The van der Waals surface area contributed by atoms with Crippen molar-refractivity contribution in [3.8, 4) is 0 Å². The summed E-state index contributed by atoms with van der Waals surface area (Å²) < 4.78 is 25.7. The molecule has 0 saturated carbocycles. The van der Waals surface area contributed by atoms with Crippen LogP contribution in [0, 0.1) is 15.5 Å². The molecular weight excluding hydrogens is 320 g/mol. The Kier molecular flexibility index (Phi) is 5.23. The van der Waals surface area contributed by atoms with Crippen LogP contribution in [0.1, 0.15) is 19.8 Å². The number of anilines is 1. The largest absolute Gasteiger partial charge is 0.379 e. The van der Waals surface area contributed by atoms with Gasteiger partial charge >= 0.3 is 0 Å². The number of hydrogen-bond acceptors (Lipinski definition) is 6. The van der Waals surface area contributed by atoms with Crippen LogP contribution in [0.2, 0.25) is 0 Å². The minimum absolute atomic E-state index is 0.0643. The molecule has 0 radical (unpaired) electrons. The van der Waals surface area contributed by atoms with Crippen molar-refractivity contribution in [2.45, 2.75) is 24.7 Å². The van der Waals surface area contributed by atoms with Crippen LogP contribution in [0.15, 0.2) is 23.1 Å². The van der Waals surface area contributed by atoms with E-state index in [0.717, 1.165) is 32.0 Å². The number of nitro groups is 1. The Balaban J connectivity index is 2.23. The first-order valence-corrected chi connectivity index (χ1v) is 8.92. The van der Waals surface area contributed by atoms with Gasteiger partial charge in [0, 0.05) is 12.6 Å². The number of nitrogens with zero attached hydrogens (tertiary/aromatic N) is 1. The van der Waals surface area contributed by atoms with Crippen LogP contribution in [0.3, 0.4) is 0 Å². The zero-order chi connectivity index (χ0) is 17.1. The average molecular weight is 342 g/mol. The lowest BCUT2D eigenvalue weighted by atomic mass is 9.81. The van der Waals surface area contributed by atoms with Crippen molar-refractivity contribution in [2.75, 3.05) is 32.0 Å². The van der Waals surface area contributed by atoms with Gasteiger partial charge in [0.2, 0.25) is 10.0 Å². The van der Waals surface area contributed by atoms with Crippen molar-refractivity contribution in [3.05, 3.63) is 28.3 Å². The molecule has 1 aromatic rings. The zero-order valence-corrected chi connectivity index (χ0v) is 14.1. The Morgan fingerprint density at radius 3 is 2.57 bits per heavy atom. The van der Waals surface area contributed by atoms with E-state index in [4.69, 9.17) is 0 Å². The van der Waals surface area contributed by atoms with Crippen LogP contribution < -0.4 is 15.4 Å². The summed E-state index contributed by atoms with van der Waals surface area (Å²) in [6.45, 7) is 4.61. The first-order chi connectivity index (χ1) is 10.8. The lowest BCUT2D eigenvalue weighted by Gasteiger charge is -2.34. The van der Waals surface area contributed by atoms with E-state index in [-0.39, 0.29) is 16.0 Å². The van der Waals surface area contributed by atoms with Crippen LogP contribution in [0.25, 0.3) is 0 Å². The second kappa shape index (κ2) is 6.81. The molecule has 9 heteroatoms. The van der Waals surface area contributed by atoms with Gasteiger partial charge in [0.05, 0.1) is 9.82 Å². The van der Waals surface area contributed by atoms with Crippen LogP contribution in [-0.4, -0.2) is 40.0 Å². The lowest BCUT2D eigenvalue weighted by Crippen LogP contribution is -2.39. The quantitative estimate of drug-likeness (QED) is 0.530. The van der Waals surface area contributed by atoms with Gasteiger partial charge in [-0.05, 0) is 50.5 Å². The molecule has 1 aliphatic heterocycles. The maximum absolute atomic E-state index is 11.8. The fraction of sp³-hybridized carbons (Fsp3) is 0.571. The van der Waals surface area contributed by atoms with E-state index < -0.39 is 14.9 Å². The monoisotopic (exact) mass is 342 g/mol. The van der Waals surface area contributed by atoms with Crippen molar-refractivity contribution < 1.29 is 13.3 Å². The minimum atomic E-state index is -3.71. The molecule has 0 aliphatic carbocycles. The highest BCUT2D eigenvalue weighted by Crippen LogP contribution is 2.32. The Bertz CT molecular complexity index is 684. The van der Waals surface area contributed by atoms with Crippen molar-refractivity contribution in [1.82, 2.24) is 10.0 Å². The molecule has 23 heavy (non-hydrogen) atoms. The van der Waals surface area contributed by atoms with Crippen molar-refractivity contribution in [3.63, 3.8) is 0 Å². The molecule has 8 nitrogen and oxygen atoms in total. The molecule has 1 aliphatic rings. The SMILES string of the molecule is CNS(=O)(=O)c1ccc(NCC2(C)CCNCC2)c([N+](=O)[O-])c1. The summed E-state index contributed by atoms with van der Waals surface area (Å²) in [5, 5.41) is 17.7. The highest BCUT2D eigenvalue weighted by Gasteiger charge is 2.28. The summed E-state index contributed by atoms with van der Waals surface area (Å²) in [7, 11) is -2.44. The minimum Gasteiger partial charge on any atom is -0.379 e. The van der Waals surface area contributed by atoms with Gasteiger partial charge in [-0.3, -0.25) is 10.1 Å². The number of rotatable bonds is 6. The molecule has 128 valence electrons. The van der Waals surface area contributed by atoms with E-state index >= 15 is 0 Å². The molecule has 0 atom stereocenters. The van der Waals surface area contributed by atoms with E-state index in [2.05, 4.69) is 22.3 Å². The Labute approximate surface area is 135 Å². The molecule has 1 aromatic carbocycles. The summed E-state index contributed by atoms with van der Waals surface area (Å²) in [5.74, 6) is 0. The van der Waals surface area contributed by atoms with Gasteiger partial charge in [-0.2, -0.15) is 0 Å². The van der Waals surface area contributed by atoms with E-state index in [9.17, 15) is 18.5 Å². The normalized spacial score (nSPS) is 17.7. The predicted molar refractivity (Wildman–Crippen MR) is 88.0 cm³/mol. The van der Waals surface area contributed by atoms with E-state index in [1.807, 2.05) is 0 Å². The molecule has 0 unspecified atom stereocenters. The van der Waals surface area contributed by atoms with Crippen molar-refractivity contribution in [2.24, 2.45) is 5.41 Å². The topological polar surface area (TPSA) is 113 Å². The second-order valence-corrected chi connectivity index (χ2v) is 7.94. The standard InChI is InChI=1S/C14H22N4O4S/c1-14(5-7-16-8-6-14)10-17-12-4-3-11(23(21,22)15-2)9-13(12)18(19)20/h3-4,9,15-17H,5-8,10H2,1-2H3. The summed E-state index contributed by atoms with van der Waals surface area (Å²) in [6, 6.07) is 3.90. The molecule has 2 rings (SSSR count). The summed E-state index contributed by atoms with van der Waals surface area (Å²) in [5.41, 5.74) is 0.165. The number of hydrogen-bond donors (Lipinski definition) is 3. The highest BCUT2D eigenvalue weighted by molar-refractivity contribution is 7.89.